The van der Waals surface area contributed by atoms with Crippen molar-refractivity contribution >= 4 is 11.3 Å². The normalized spacial score (nSPS) is 14.6. The van der Waals surface area contributed by atoms with E-state index in [9.17, 15) is 4.39 Å². The number of aromatic nitrogens is 1. The van der Waals surface area contributed by atoms with Gasteiger partial charge in [0.05, 0.1) is 5.69 Å². The third kappa shape index (κ3) is 2.93. The number of hydrogen-bond acceptors (Lipinski definition) is 4. The molecule has 2 aromatic rings. The van der Waals surface area contributed by atoms with E-state index in [1.165, 1.54) is 29.9 Å². The van der Waals surface area contributed by atoms with Gasteiger partial charge in [0.1, 0.15) is 23.2 Å². The average molecular weight is 278 g/mol. The van der Waals surface area contributed by atoms with E-state index in [0.29, 0.717) is 24.8 Å². The van der Waals surface area contributed by atoms with Crippen molar-refractivity contribution in [3.8, 4) is 5.75 Å². The minimum absolute atomic E-state index is 0.261. The van der Waals surface area contributed by atoms with Crippen LogP contribution in [0.25, 0.3) is 0 Å². The molecular weight excluding hydrogens is 263 g/mol. The van der Waals surface area contributed by atoms with Crippen LogP contribution in [0, 0.1) is 5.82 Å². The first-order valence-corrected chi connectivity index (χ1v) is 7.15. The van der Waals surface area contributed by atoms with Gasteiger partial charge in [-0.05, 0) is 37.1 Å². The molecule has 0 atom stereocenters. The first kappa shape index (κ1) is 12.6. The van der Waals surface area contributed by atoms with Crippen LogP contribution in [0.1, 0.15) is 34.3 Å². The molecule has 0 saturated heterocycles. The first-order valence-electron chi connectivity index (χ1n) is 6.33. The van der Waals surface area contributed by atoms with Gasteiger partial charge >= 0.3 is 0 Å². The van der Waals surface area contributed by atoms with Crippen molar-refractivity contribution in [3.05, 3.63) is 45.7 Å². The molecule has 3 rings (SSSR count). The van der Waals surface area contributed by atoms with Crippen LogP contribution in [0.15, 0.2) is 24.3 Å². The van der Waals surface area contributed by atoms with Crippen LogP contribution in [-0.4, -0.2) is 4.98 Å². The zero-order chi connectivity index (χ0) is 13.2. The molecule has 0 bridgehead atoms. The highest BCUT2D eigenvalue weighted by Gasteiger charge is 2.29. The highest BCUT2D eigenvalue weighted by atomic mass is 32.1. The van der Waals surface area contributed by atoms with E-state index >= 15 is 0 Å². The zero-order valence-electron chi connectivity index (χ0n) is 10.4. The summed E-state index contributed by atoms with van der Waals surface area (Å²) in [5.41, 5.74) is 6.90. The molecule has 1 aromatic carbocycles. The van der Waals surface area contributed by atoms with Crippen LogP contribution in [0.3, 0.4) is 0 Å². The lowest BCUT2D eigenvalue weighted by Crippen LogP contribution is -1.97. The van der Waals surface area contributed by atoms with Gasteiger partial charge in [0.15, 0.2) is 0 Å². The third-order valence-electron chi connectivity index (χ3n) is 3.10. The van der Waals surface area contributed by atoms with Gasteiger partial charge in [-0.15, -0.1) is 11.3 Å². The van der Waals surface area contributed by atoms with Gasteiger partial charge in [-0.2, -0.15) is 0 Å². The number of hydrogen-bond donors (Lipinski definition) is 1. The molecule has 0 radical (unpaired) electrons. The molecule has 0 amide bonds. The predicted molar refractivity (Wildman–Crippen MR) is 72.7 cm³/mol. The van der Waals surface area contributed by atoms with E-state index in [-0.39, 0.29) is 5.82 Å². The molecule has 2 N–H and O–H groups in total. The molecule has 1 aliphatic rings. The summed E-state index contributed by atoms with van der Waals surface area (Å²) < 4.78 is 18.4. The Kier molecular flexibility index (Phi) is 3.48. The van der Waals surface area contributed by atoms with Gasteiger partial charge < -0.3 is 10.5 Å². The van der Waals surface area contributed by atoms with Crippen molar-refractivity contribution in [2.24, 2.45) is 5.73 Å². The van der Waals surface area contributed by atoms with E-state index in [1.54, 1.807) is 23.5 Å². The van der Waals surface area contributed by atoms with Crippen LogP contribution < -0.4 is 10.5 Å². The fourth-order valence-corrected chi connectivity index (χ4v) is 2.92. The number of benzene rings is 1. The minimum atomic E-state index is -0.261. The van der Waals surface area contributed by atoms with Crippen LogP contribution in [0.5, 0.6) is 5.75 Å². The number of rotatable bonds is 5. The maximum atomic E-state index is 12.8. The summed E-state index contributed by atoms with van der Waals surface area (Å²) in [7, 11) is 0. The fraction of sp³-hybridized carbons (Fsp3) is 0.357. The van der Waals surface area contributed by atoms with Crippen molar-refractivity contribution in [2.45, 2.75) is 31.9 Å². The maximum Gasteiger partial charge on any atom is 0.140 e. The molecule has 1 aromatic heterocycles. The van der Waals surface area contributed by atoms with Gasteiger partial charge in [0, 0.05) is 17.3 Å². The van der Waals surface area contributed by atoms with Crippen LogP contribution >= 0.6 is 11.3 Å². The second kappa shape index (κ2) is 5.27. The van der Waals surface area contributed by atoms with Crippen molar-refractivity contribution in [2.75, 3.05) is 0 Å². The Hall–Kier alpha value is -1.46. The molecule has 1 fully saturated rings. The van der Waals surface area contributed by atoms with Crippen LogP contribution in [0.4, 0.5) is 4.39 Å². The highest BCUT2D eigenvalue weighted by Crippen LogP contribution is 2.42. The SMILES string of the molecule is NCc1sc(COc2ccc(F)cc2)nc1C1CC1. The summed E-state index contributed by atoms with van der Waals surface area (Å²) in [6.45, 7) is 0.954. The molecule has 5 heteroatoms. The minimum Gasteiger partial charge on any atom is -0.486 e. The van der Waals surface area contributed by atoms with Gasteiger partial charge in [-0.1, -0.05) is 0 Å². The summed E-state index contributed by atoms with van der Waals surface area (Å²) in [5, 5.41) is 0.937. The fourth-order valence-electron chi connectivity index (χ4n) is 1.97. The molecule has 19 heavy (non-hydrogen) atoms. The molecule has 1 aliphatic carbocycles. The van der Waals surface area contributed by atoms with E-state index in [1.807, 2.05) is 0 Å². The summed E-state index contributed by atoms with van der Waals surface area (Å²) >= 11 is 1.62. The Bertz CT molecular complexity index is 563. The number of halogens is 1. The van der Waals surface area contributed by atoms with Crippen molar-refractivity contribution in [3.63, 3.8) is 0 Å². The van der Waals surface area contributed by atoms with Crippen molar-refractivity contribution < 1.29 is 9.13 Å². The highest BCUT2D eigenvalue weighted by molar-refractivity contribution is 7.11. The number of nitrogens with two attached hydrogens (primary N) is 1. The first-order chi connectivity index (χ1) is 9.26. The molecule has 100 valence electrons. The second-order valence-corrected chi connectivity index (χ2v) is 5.81. The molecule has 3 nitrogen and oxygen atoms in total. The molecule has 1 heterocycles. The Morgan fingerprint density at radius 1 is 1.32 bits per heavy atom. The topological polar surface area (TPSA) is 48.1 Å². The van der Waals surface area contributed by atoms with E-state index in [2.05, 4.69) is 4.98 Å². The number of thiazole rings is 1. The van der Waals surface area contributed by atoms with Gasteiger partial charge in [0.2, 0.25) is 0 Å². The molecule has 0 unspecified atom stereocenters. The number of nitrogens with zero attached hydrogens (tertiary/aromatic N) is 1. The Labute approximate surface area is 115 Å². The lowest BCUT2D eigenvalue weighted by molar-refractivity contribution is 0.305. The smallest absolute Gasteiger partial charge is 0.140 e. The van der Waals surface area contributed by atoms with Gasteiger partial charge in [0.25, 0.3) is 0 Å². The summed E-state index contributed by atoms with van der Waals surface area (Å²) in [4.78, 5) is 5.78. The predicted octanol–water partition coefficient (Wildman–Crippen LogP) is 3.20. The number of ether oxygens (including phenoxy) is 1. The van der Waals surface area contributed by atoms with Crippen LogP contribution in [-0.2, 0) is 13.2 Å². The van der Waals surface area contributed by atoms with Gasteiger partial charge in [-0.3, -0.25) is 0 Å². The van der Waals surface area contributed by atoms with E-state index < -0.39 is 0 Å². The molecular formula is C14H15FN2OS. The third-order valence-corrected chi connectivity index (χ3v) is 4.16. The second-order valence-electron chi connectivity index (χ2n) is 4.64. The largest absolute Gasteiger partial charge is 0.486 e. The summed E-state index contributed by atoms with van der Waals surface area (Å²) in [6, 6.07) is 6.01. The average Bonchev–Trinajstić information content (AvgIpc) is 3.19. The van der Waals surface area contributed by atoms with E-state index in [0.717, 1.165) is 10.7 Å². The lowest BCUT2D eigenvalue weighted by atomic mass is 10.2. The van der Waals surface area contributed by atoms with Crippen LogP contribution in [0.2, 0.25) is 0 Å². The Morgan fingerprint density at radius 3 is 2.68 bits per heavy atom. The Morgan fingerprint density at radius 2 is 2.05 bits per heavy atom. The van der Waals surface area contributed by atoms with Crippen molar-refractivity contribution in [1.29, 1.82) is 0 Å². The maximum absolute atomic E-state index is 12.8. The quantitative estimate of drug-likeness (QED) is 0.913. The zero-order valence-corrected chi connectivity index (χ0v) is 11.3. The summed E-state index contributed by atoms with van der Waals surface area (Å²) in [6.07, 6.45) is 2.43. The van der Waals surface area contributed by atoms with Crippen molar-refractivity contribution in [1.82, 2.24) is 4.98 Å². The molecule has 0 aliphatic heterocycles. The molecule has 0 spiro atoms. The standard InChI is InChI=1S/C14H15FN2OS/c15-10-3-5-11(6-4-10)18-8-13-17-14(9-1-2-9)12(7-16)19-13/h3-6,9H,1-2,7-8,16H2. The summed E-state index contributed by atoms with van der Waals surface area (Å²) in [5.74, 6) is 0.997. The van der Waals surface area contributed by atoms with Gasteiger partial charge in [-0.25, -0.2) is 9.37 Å². The monoisotopic (exact) mass is 278 g/mol. The Balaban J connectivity index is 1.67. The van der Waals surface area contributed by atoms with E-state index in [4.69, 9.17) is 10.5 Å². The molecule has 1 saturated carbocycles. The lowest BCUT2D eigenvalue weighted by Gasteiger charge is -2.03.